The molecule has 0 atom stereocenters. The molecule has 0 unspecified atom stereocenters. The fraction of sp³-hybridized carbons (Fsp3) is 0.250. The molecule has 5 heteroatoms. The lowest BCUT2D eigenvalue weighted by atomic mass is 10.00. The van der Waals surface area contributed by atoms with Gasteiger partial charge >= 0.3 is 0 Å². The predicted molar refractivity (Wildman–Crippen MR) is 96.4 cm³/mol. The topological polar surface area (TPSA) is 53.7 Å². The molecule has 3 rings (SSSR count). The van der Waals surface area contributed by atoms with Crippen molar-refractivity contribution in [2.75, 3.05) is 21.3 Å². The molecule has 0 spiro atoms. The second-order valence-electron chi connectivity index (χ2n) is 5.53. The van der Waals surface area contributed by atoms with E-state index in [1.807, 2.05) is 6.07 Å². The number of rotatable bonds is 6. The van der Waals surface area contributed by atoms with Gasteiger partial charge in [0, 0.05) is 11.6 Å². The van der Waals surface area contributed by atoms with Crippen LogP contribution in [0, 0.1) is 0 Å². The van der Waals surface area contributed by atoms with Crippen molar-refractivity contribution in [3.63, 3.8) is 0 Å². The van der Waals surface area contributed by atoms with Crippen LogP contribution < -0.4 is 14.2 Å². The first-order chi connectivity index (χ1) is 12.2. The number of aromatic nitrogens is 1. The number of benzene rings is 2. The van der Waals surface area contributed by atoms with E-state index in [-0.39, 0.29) is 0 Å². The van der Waals surface area contributed by atoms with E-state index in [0.29, 0.717) is 23.0 Å². The lowest BCUT2D eigenvalue weighted by Gasteiger charge is -2.13. The van der Waals surface area contributed by atoms with Gasteiger partial charge in [0.1, 0.15) is 5.75 Å². The van der Waals surface area contributed by atoms with E-state index in [9.17, 15) is 0 Å². The summed E-state index contributed by atoms with van der Waals surface area (Å²) in [6.45, 7) is 2.13. The van der Waals surface area contributed by atoms with Crippen molar-refractivity contribution < 1.29 is 18.7 Å². The van der Waals surface area contributed by atoms with Gasteiger partial charge in [-0.25, -0.2) is 0 Å². The number of aryl methyl sites for hydroxylation is 1. The van der Waals surface area contributed by atoms with Crippen molar-refractivity contribution in [2.24, 2.45) is 0 Å². The van der Waals surface area contributed by atoms with Crippen LogP contribution in [0.5, 0.6) is 17.2 Å². The van der Waals surface area contributed by atoms with E-state index in [2.05, 4.69) is 36.3 Å². The fourth-order valence-corrected chi connectivity index (χ4v) is 2.77. The van der Waals surface area contributed by atoms with Crippen LogP contribution in [0.2, 0.25) is 0 Å². The Labute approximate surface area is 147 Å². The molecule has 0 amide bonds. The van der Waals surface area contributed by atoms with Crippen LogP contribution in [0.3, 0.4) is 0 Å². The number of hydrogen-bond acceptors (Lipinski definition) is 5. The van der Waals surface area contributed by atoms with Crippen molar-refractivity contribution in [1.82, 2.24) is 5.16 Å². The number of nitrogens with zero attached hydrogens (tertiary/aromatic N) is 1. The zero-order valence-electron chi connectivity index (χ0n) is 14.8. The lowest BCUT2D eigenvalue weighted by molar-refractivity contribution is 0.348. The van der Waals surface area contributed by atoms with Gasteiger partial charge < -0.3 is 18.7 Å². The van der Waals surface area contributed by atoms with E-state index in [1.165, 1.54) is 5.56 Å². The summed E-state index contributed by atoms with van der Waals surface area (Å²) in [7, 11) is 4.79. The molecule has 2 aromatic carbocycles. The molecule has 0 aliphatic rings. The number of ether oxygens (including phenoxy) is 3. The minimum Gasteiger partial charge on any atom is -0.496 e. The Bertz CT molecular complexity index is 853. The molecule has 0 bridgehead atoms. The van der Waals surface area contributed by atoms with E-state index >= 15 is 0 Å². The molecule has 0 saturated heterocycles. The minimum atomic E-state index is 0.594. The van der Waals surface area contributed by atoms with Gasteiger partial charge in [-0.2, -0.15) is 0 Å². The van der Waals surface area contributed by atoms with Crippen molar-refractivity contribution in [3.8, 4) is 39.7 Å². The second-order valence-corrected chi connectivity index (χ2v) is 5.53. The third kappa shape index (κ3) is 3.18. The molecule has 0 aliphatic carbocycles. The van der Waals surface area contributed by atoms with Gasteiger partial charge in [0.05, 0.1) is 33.1 Å². The van der Waals surface area contributed by atoms with E-state index in [1.54, 1.807) is 33.6 Å². The quantitative estimate of drug-likeness (QED) is 0.657. The predicted octanol–water partition coefficient (Wildman–Crippen LogP) is 4.60. The molecular weight excluding hydrogens is 318 g/mol. The number of hydrogen-bond donors (Lipinski definition) is 0. The molecule has 0 N–H and O–H groups in total. The SMILES string of the molecule is CCc1ccc(-c2cnoc2-c2cc(OC)c(OC)cc2OC)cc1. The van der Waals surface area contributed by atoms with Crippen LogP contribution in [0.4, 0.5) is 0 Å². The first-order valence-corrected chi connectivity index (χ1v) is 8.06. The highest BCUT2D eigenvalue weighted by atomic mass is 16.5. The Hall–Kier alpha value is -2.95. The van der Waals surface area contributed by atoms with Crippen LogP contribution in [-0.2, 0) is 6.42 Å². The van der Waals surface area contributed by atoms with Gasteiger partial charge in [0.2, 0.25) is 0 Å². The molecule has 1 aromatic heterocycles. The number of methoxy groups -OCH3 is 3. The van der Waals surface area contributed by atoms with Crippen molar-refractivity contribution in [1.29, 1.82) is 0 Å². The van der Waals surface area contributed by atoms with Crippen molar-refractivity contribution in [2.45, 2.75) is 13.3 Å². The normalized spacial score (nSPS) is 10.6. The van der Waals surface area contributed by atoms with Crippen molar-refractivity contribution >= 4 is 0 Å². The Kier molecular flexibility index (Phi) is 4.93. The molecule has 0 radical (unpaired) electrons. The van der Waals surface area contributed by atoms with Crippen LogP contribution in [0.15, 0.2) is 47.1 Å². The lowest BCUT2D eigenvalue weighted by Crippen LogP contribution is -1.95. The summed E-state index contributed by atoms with van der Waals surface area (Å²) >= 11 is 0. The van der Waals surface area contributed by atoms with Gasteiger partial charge in [-0.15, -0.1) is 0 Å². The van der Waals surface area contributed by atoms with Crippen LogP contribution in [-0.4, -0.2) is 26.5 Å². The maximum Gasteiger partial charge on any atom is 0.178 e. The molecule has 0 saturated carbocycles. The van der Waals surface area contributed by atoms with Gasteiger partial charge in [0.25, 0.3) is 0 Å². The molecule has 130 valence electrons. The first-order valence-electron chi connectivity index (χ1n) is 8.06. The summed E-state index contributed by atoms with van der Waals surface area (Å²) < 4.78 is 21.8. The smallest absolute Gasteiger partial charge is 0.178 e. The van der Waals surface area contributed by atoms with Crippen LogP contribution in [0.25, 0.3) is 22.5 Å². The third-order valence-electron chi connectivity index (χ3n) is 4.19. The molecule has 0 aliphatic heterocycles. The van der Waals surface area contributed by atoms with Gasteiger partial charge in [0.15, 0.2) is 17.3 Å². The van der Waals surface area contributed by atoms with Gasteiger partial charge in [-0.3, -0.25) is 0 Å². The Morgan fingerprint density at radius 3 is 2.08 bits per heavy atom. The molecule has 1 heterocycles. The summed E-state index contributed by atoms with van der Waals surface area (Å²) in [6, 6.07) is 12.0. The van der Waals surface area contributed by atoms with E-state index < -0.39 is 0 Å². The zero-order chi connectivity index (χ0) is 17.8. The summed E-state index contributed by atoms with van der Waals surface area (Å²) in [5.41, 5.74) is 3.97. The van der Waals surface area contributed by atoms with Crippen LogP contribution >= 0.6 is 0 Å². The second kappa shape index (κ2) is 7.30. The van der Waals surface area contributed by atoms with Gasteiger partial charge in [-0.05, 0) is 23.6 Å². The highest BCUT2D eigenvalue weighted by Crippen LogP contribution is 2.43. The molecule has 25 heavy (non-hydrogen) atoms. The molecular formula is C20H21NO4. The summed E-state index contributed by atoms with van der Waals surface area (Å²) in [5, 5.41) is 3.99. The Morgan fingerprint density at radius 2 is 1.48 bits per heavy atom. The Morgan fingerprint density at radius 1 is 0.840 bits per heavy atom. The first kappa shape index (κ1) is 16.9. The summed E-state index contributed by atoms with van der Waals surface area (Å²) in [5.74, 6) is 2.45. The van der Waals surface area contributed by atoms with E-state index in [4.69, 9.17) is 18.7 Å². The average molecular weight is 339 g/mol. The maximum atomic E-state index is 5.55. The zero-order valence-corrected chi connectivity index (χ0v) is 14.8. The minimum absolute atomic E-state index is 0.594. The maximum absolute atomic E-state index is 5.55. The molecule has 3 aromatic rings. The molecule has 5 nitrogen and oxygen atoms in total. The van der Waals surface area contributed by atoms with Crippen molar-refractivity contribution in [3.05, 3.63) is 48.2 Å². The highest BCUT2D eigenvalue weighted by molar-refractivity contribution is 5.83. The summed E-state index contributed by atoms with van der Waals surface area (Å²) in [4.78, 5) is 0. The van der Waals surface area contributed by atoms with Crippen LogP contribution in [0.1, 0.15) is 12.5 Å². The third-order valence-corrected chi connectivity index (χ3v) is 4.19. The monoisotopic (exact) mass is 339 g/mol. The summed E-state index contributed by atoms with van der Waals surface area (Å²) in [6.07, 6.45) is 2.71. The Balaban J connectivity index is 2.13. The van der Waals surface area contributed by atoms with Gasteiger partial charge in [-0.1, -0.05) is 36.3 Å². The highest BCUT2D eigenvalue weighted by Gasteiger charge is 2.20. The standard InChI is InChI=1S/C20H21NO4/c1-5-13-6-8-14(9-7-13)16-12-21-25-20(16)15-10-18(23-3)19(24-4)11-17(15)22-2/h6-12H,5H2,1-4H3. The average Bonchev–Trinajstić information content (AvgIpc) is 3.16. The van der Waals surface area contributed by atoms with E-state index in [0.717, 1.165) is 23.1 Å². The fourth-order valence-electron chi connectivity index (χ4n) is 2.77. The largest absolute Gasteiger partial charge is 0.496 e. The molecule has 0 fully saturated rings.